The third-order valence-electron chi connectivity index (χ3n) is 3.59. The van der Waals surface area contributed by atoms with Crippen molar-refractivity contribution in [3.05, 3.63) is 48.5 Å². The van der Waals surface area contributed by atoms with Gasteiger partial charge in [-0.3, -0.25) is 0 Å². The fourth-order valence-electron chi connectivity index (χ4n) is 2.56. The first-order valence-corrected chi connectivity index (χ1v) is 8.88. The largest absolute Gasteiger partial charge is 0.484 e. The number of hydrogen-bond donors (Lipinski definition) is 1. The van der Waals surface area contributed by atoms with Crippen molar-refractivity contribution < 1.29 is 4.74 Å². The third kappa shape index (κ3) is 2.69. The summed E-state index contributed by atoms with van der Waals surface area (Å²) in [7, 11) is 2.01. The van der Waals surface area contributed by atoms with Gasteiger partial charge in [-0.2, -0.15) is 0 Å². The van der Waals surface area contributed by atoms with Crippen LogP contribution in [0.15, 0.2) is 32.5 Å². The summed E-state index contributed by atoms with van der Waals surface area (Å²) in [5.74, 6) is 0.992. The predicted octanol–water partition coefficient (Wildman–Crippen LogP) is 5.37. The van der Waals surface area contributed by atoms with Crippen LogP contribution in [0.25, 0.3) is 0 Å². The third-order valence-corrected chi connectivity index (χ3v) is 6.94. The van der Waals surface area contributed by atoms with Crippen LogP contribution in [0.3, 0.4) is 0 Å². The normalized spacial score (nSPS) is 21.4. The number of rotatable bonds is 2. The maximum Gasteiger partial charge on any atom is 0.135 e. The van der Waals surface area contributed by atoms with Crippen molar-refractivity contribution in [2.24, 2.45) is 0 Å². The van der Waals surface area contributed by atoms with Crippen LogP contribution in [0.2, 0.25) is 0 Å². The molecule has 0 saturated carbocycles. The molecule has 2 unspecified atom stereocenters. The topological polar surface area (TPSA) is 21.3 Å². The minimum absolute atomic E-state index is 0.107. The van der Waals surface area contributed by atoms with Crippen molar-refractivity contribution >= 4 is 43.2 Å². The van der Waals surface area contributed by atoms with Crippen LogP contribution in [0.4, 0.5) is 0 Å². The quantitative estimate of drug-likeness (QED) is 0.710. The van der Waals surface area contributed by atoms with Crippen LogP contribution in [0, 0.1) is 6.92 Å². The van der Waals surface area contributed by atoms with Crippen molar-refractivity contribution in [3.8, 4) is 5.75 Å². The number of ether oxygens (including phenoxy) is 1. The van der Waals surface area contributed by atoms with Gasteiger partial charge in [0, 0.05) is 27.4 Å². The van der Waals surface area contributed by atoms with Crippen LogP contribution in [-0.2, 0) is 0 Å². The molecule has 2 atom stereocenters. The molecule has 1 aromatic carbocycles. The SMILES string of the molecule is CNC1CC(c2cc(Br)c(Br)s2)Oc2ccc(C)cc21. The number of halogens is 2. The number of thiophene rings is 1. The maximum absolute atomic E-state index is 6.20. The van der Waals surface area contributed by atoms with Crippen molar-refractivity contribution in [3.63, 3.8) is 0 Å². The highest BCUT2D eigenvalue weighted by Crippen LogP contribution is 2.45. The van der Waals surface area contributed by atoms with E-state index in [1.807, 2.05) is 7.05 Å². The summed E-state index contributed by atoms with van der Waals surface area (Å²) in [5.41, 5.74) is 2.53. The first-order valence-electron chi connectivity index (χ1n) is 6.47. The molecule has 1 aliphatic heterocycles. The Labute approximate surface area is 139 Å². The molecular weight excluding hydrogens is 402 g/mol. The minimum Gasteiger partial charge on any atom is -0.484 e. The average molecular weight is 417 g/mol. The van der Waals surface area contributed by atoms with E-state index in [1.54, 1.807) is 11.3 Å². The van der Waals surface area contributed by atoms with E-state index >= 15 is 0 Å². The highest BCUT2D eigenvalue weighted by Gasteiger charge is 2.29. The zero-order chi connectivity index (χ0) is 14.3. The fraction of sp³-hybridized carbons (Fsp3) is 0.333. The number of benzene rings is 1. The van der Waals surface area contributed by atoms with Gasteiger partial charge in [0.25, 0.3) is 0 Å². The molecule has 3 rings (SSSR count). The Bertz CT molecular complexity index is 621. The summed E-state index contributed by atoms with van der Waals surface area (Å²) in [6, 6.07) is 8.88. The van der Waals surface area contributed by atoms with Gasteiger partial charge in [-0.05, 0) is 58.0 Å². The van der Waals surface area contributed by atoms with Crippen LogP contribution < -0.4 is 10.1 Å². The summed E-state index contributed by atoms with van der Waals surface area (Å²) in [4.78, 5) is 1.25. The van der Waals surface area contributed by atoms with Gasteiger partial charge in [-0.15, -0.1) is 11.3 Å². The monoisotopic (exact) mass is 415 g/mol. The second-order valence-corrected chi connectivity index (χ2v) is 8.25. The lowest BCUT2D eigenvalue weighted by atomic mass is 9.94. The Morgan fingerprint density at radius 1 is 1.30 bits per heavy atom. The zero-order valence-electron chi connectivity index (χ0n) is 11.2. The number of nitrogens with one attached hydrogen (secondary N) is 1. The molecule has 0 bridgehead atoms. The van der Waals surface area contributed by atoms with Crippen LogP contribution >= 0.6 is 43.2 Å². The Kier molecular flexibility index (Phi) is 4.22. The molecule has 2 heterocycles. The molecule has 0 fully saturated rings. The summed E-state index contributed by atoms with van der Waals surface area (Å²) < 4.78 is 8.41. The Balaban J connectivity index is 1.96. The first kappa shape index (κ1) is 14.6. The van der Waals surface area contributed by atoms with Gasteiger partial charge in [-0.1, -0.05) is 17.7 Å². The lowest BCUT2D eigenvalue weighted by Crippen LogP contribution is -2.26. The zero-order valence-corrected chi connectivity index (χ0v) is 15.2. The molecule has 0 radical (unpaired) electrons. The Hall–Kier alpha value is -0.360. The summed E-state index contributed by atoms with van der Waals surface area (Å²) in [6.07, 6.45) is 1.06. The van der Waals surface area contributed by atoms with Gasteiger partial charge in [0.15, 0.2) is 0 Å². The van der Waals surface area contributed by atoms with Crippen molar-refractivity contribution in [1.29, 1.82) is 0 Å². The van der Waals surface area contributed by atoms with Crippen LogP contribution in [0.5, 0.6) is 5.75 Å². The summed E-state index contributed by atoms with van der Waals surface area (Å²) in [6.45, 7) is 2.12. The molecule has 2 aromatic rings. The van der Waals surface area contributed by atoms with E-state index in [9.17, 15) is 0 Å². The highest BCUT2D eigenvalue weighted by atomic mass is 79.9. The number of hydrogen-bond acceptors (Lipinski definition) is 3. The Morgan fingerprint density at radius 2 is 2.10 bits per heavy atom. The molecule has 0 spiro atoms. The van der Waals surface area contributed by atoms with Gasteiger partial charge in [-0.25, -0.2) is 0 Å². The van der Waals surface area contributed by atoms with Crippen molar-refractivity contribution in [2.75, 3.05) is 7.05 Å². The summed E-state index contributed by atoms with van der Waals surface area (Å²) in [5, 5.41) is 3.41. The fourth-order valence-corrected chi connectivity index (χ4v) is 4.69. The number of fused-ring (bicyclic) bond motifs is 1. The lowest BCUT2D eigenvalue weighted by molar-refractivity contribution is 0.157. The number of aryl methyl sites for hydroxylation is 1. The minimum atomic E-state index is 0.107. The molecule has 1 N–H and O–H groups in total. The van der Waals surface area contributed by atoms with Gasteiger partial charge >= 0.3 is 0 Å². The van der Waals surface area contributed by atoms with Crippen LogP contribution in [0.1, 0.15) is 34.6 Å². The van der Waals surface area contributed by atoms with Crippen molar-refractivity contribution in [1.82, 2.24) is 5.32 Å². The van der Waals surface area contributed by atoms with Gasteiger partial charge in [0.2, 0.25) is 0 Å². The van der Waals surface area contributed by atoms with Crippen molar-refractivity contribution in [2.45, 2.75) is 25.5 Å². The van der Waals surface area contributed by atoms with Gasteiger partial charge in [0.1, 0.15) is 11.9 Å². The van der Waals surface area contributed by atoms with E-state index in [0.717, 1.165) is 20.4 Å². The van der Waals surface area contributed by atoms with E-state index in [4.69, 9.17) is 4.74 Å². The molecule has 5 heteroatoms. The predicted molar refractivity (Wildman–Crippen MR) is 90.7 cm³/mol. The molecule has 2 nitrogen and oxygen atoms in total. The molecule has 106 valence electrons. The van der Waals surface area contributed by atoms with E-state index in [-0.39, 0.29) is 6.10 Å². The molecule has 0 saturated heterocycles. The van der Waals surface area contributed by atoms with E-state index in [1.165, 1.54) is 16.0 Å². The molecule has 20 heavy (non-hydrogen) atoms. The second kappa shape index (κ2) is 5.79. The lowest BCUT2D eigenvalue weighted by Gasteiger charge is -2.32. The highest BCUT2D eigenvalue weighted by molar-refractivity contribution is 9.13. The molecule has 1 aliphatic rings. The van der Waals surface area contributed by atoms with Gasteiger partial charge in [0.05, 0.1) is 3.79 Å². The van der Waals surface area contributed by atoms with E-state index in [0.29, 0.717) is 6.04 Å². The molecule has 0 aliphatic carbocycles. The standard InChI is InChI=1S/C15H15Br2NOS/c1-8-3-4-12-9(5-8)11(18-2)7-13(19-12)14-6-10(16)15(17)20-14/h3-6,11,13,18H,7H2,1-2H3. The van der Waals surface area contributed by atoms with Gasteiger partial charge < -0.3 is 10.1 Å². The summed E-state index contributed by atoms with van der Waals surface area (Å²) >= 11 is 8.83. The van der Waals surface area contributed by atoms with Crippen LogP contribution in [-0.4, -0.2) is 7.05 Å². The van der Waals surface area contributed by atoms with E-state index in [2.05, 4.69) is 68.4 Å². The maximum atomic E-state index is 6.20. The van der Waals surface area contributed by atoms with E-state index < -0.39 is 0 Å². The Morgan fingerprint density at radius 3 is 2.75 bits per heavy atom. The molecular formula is C15H15Br2NOS. The molecule has 0 amide bonds. The molecule has 1 aromatic heterocycles. The smallest absolute Gasteiger partial charge is 0.135 e. The average Bonchev–Trinajstić information content (AvgIpc) is 2.77. The first-order chi connectivity index (χ1) is 9.58. The second-order valence-electron chi connectivity index (χ2n) is 5.00.